The van der Waals surface area contributed by atoms with E-state index in [0.29, 0.717) is 6.54 Å². The van der Waals surface area contributed by atoms with E-state index in [1.54, 1.807) is 19.4 Å². The van der Waals surface area contributed by atoms with Crippen LogP contribution in [-0.4, -0.2) is 39.9 Å². The molecule has 2 heterocycles. The second kappa shape index (κ2) is 9.86. The molecule has 6 nitrogen and oxygen atoms in total. The maximum absolute atomic E-state index is 13.7. The van der Waals surface area contributed by atoms with Gasteiger partial charge in [-0.2, -0.15) is 0 Å². The summed E-state index contributed by atoms with van der Waals surface area (Å²) in [7, 11) is 1.68. The predicted molar refractivity (Wildman–Crippen MR) is 126 cm³/mol. The van der Waals surface area contributed by atoms with Crippen LogP contribution >= 0.6 is 0 Å². The first-order valence-corrected chi connectivity index (χ1v) is 11.2. The second-order valence-corrected chi connectivity index (χ2v) is 8.69. The van der Waals surface area contributed by atoms with Crippen molar-refractivity contribution in [2.75, 3.05) is 7.05 Å². The zero-order valence-electron chi connectivity index (χ0n) is 19.2. The summed E-state index contributed by atoms with van der Waals surface area (Å²) in [6.07, 6.45) is 3.52. The smallest absolute Gasteiger partial charge is 0.329 e. The van der Waals surface area contributed by atoms with Gasteiger partial charge in [0.05, 0.1) is 6.04 Å². The van der Waals surface area contributed by atoms with Gasteiger partial charge >= 0.3 is 12.0 Å². The summed E-state index contributed by atoms with van der Waals surface area (Å²) >= 11 is 0. The van der Waals surface area contributed by atoms with Gasteiger partial charge in [0.1, 0.15) is 12.6 Å². The Morgan fingerprint density at radius 2 is 1.79 bits per heavy atom. The normalized spacial score (nSPS) is 15.8. The highest BCUT2D eigenvalue weighted by Crippen LogP contribution is 2.39. The monoisotopic (exact) mass is 443 g/mol. The topological polar surface area (TPSA) is 62.7 Å². The summed E-state index contributed by atoms with van der Waals surface area (Å²) in [5, 5.41) is 0. The van der Waals surface area contributed by atoms with Crippen molar-refractivity contribution in [2.24, 2.45) is 5.92 Å². The third kappa shape index (κ3) is 4.75. The van der Waals surface area contributed by atoms with Crippen molar-refractivity contribution in [1.82, 2.24) is 14.8 Å². The fourth-order valence-corrected chi connectivity index (χ4v) is 4.48. The maximum atomic E-state index is 13.7. The SMILES string of the molecule is CC(C)[C@@H](C(=O)OCc1ccccc1)N(C)C(=O)N1Cc2ccccc2[C@@H]1c1cccnc1. The van der Waals surface area contributed by atoms with Crippen molar-refractivity contribution in [3.05, 3.63) is 101 Å². The molecule has 0 saturated carbocycles. The maximum Gasteiger partial charge on any atom is 0.329 e. The minimum Gasteiger partial charge on any atom is -0.459 e. The Balaban J connectivity index is 1.56. The Hall–Kier alpha value is -3.67. The Morgan fingerprint density at radius 3 is 2.48 bits per heavy atom. The number of ether oxygens (including phenoxy) is 1. The van der Waals surface area contributed by atoms with Gasteiger partial charge in [0, 0.05) is 26.0 Å². The van der Waals surface area contributed by atoms with Gasteiger partial charge in [-0.1, -0.05) is 74.5 Å². The Bertz CT molecular complexity index is 1100. The molecule has 1 aliphatic rings. The lowest BCUT2D eigenvalue weighted by molar-refractivity contribution is -0.151. The van der Waals surface area contributed by atoms with Crippen molar-refractivity contribution >= 4 is 12.0 Å². The van der Waals surface area contributed by atoms with Gasteiger partial charge in [-0.3, -0.25) is 4.98 Å². The van der Waals surface area contributed by atoms with E-state index >= 15 is 0 Å². The number of hydrogen-bond acceptors (Lipinski definition) is 4. The first kappa shape index (κ1) is 22.5. The Labute approximate surface area is 194 Å². The molecule has 0 radical (unpaired) electrons. The van der Waals surface area contributed by atoms with Crippen molar-refractivity contribution in [3.63, 3.8) is 0 Å². The molecule has 0 spiro atoms. The number of pyridine rings is 1. The van der Waals surface area contributed by atoms with E-state index in [4.69, 9.17) is 4.74 Å². The summed E-state index contributed by atoms with van der Waals surface area (Å²) in [6.45, 7) is 4.51. The van der Waals surface area contributed by atoms with E-state index in [2.05, 4.69) is 4.98 Å². The number of rotatable bonds is 6. The van der Waals surface area contributed by atoms with Gasteiger partial charge in [0.15, 0.2) is 0 Å². The summed E-state index contributed by atoms with van der Waals surface area (Å²) in [5.74, 6) is -0.511. The van der Waals surface area contributed by atoms with Gasteiger partial charge in [-0.15, -0.1) is 0 Å². The molecule has 33 heavy (non-hydrogen) atoms. The highest BCUT2D eigenvalue weighted by atomic mass is 16.5. The summed E-state index contributed by atoms with van der Waals surface area (Å²) in [4.78, 5) is 34.4. The Morgan fingerprint density at radius 1 is 1.06 bits per heavy atom. The summed E-state index contributed by atoms with van der Waals surface area (Å²) < 4.78 is 5.60. The van der Waals surface area contributed by atoms with Crippen LogP contribution < -0.4 is 0 Å². The molecule has 0 unspecified atom stereocenters. The molecule has 2 aromatic carbocycles. The van der Waals surface area contributed by atoms with E-state index < -0.39 is 12.0 Å². The van der Waals surface area contributed by atoms with Crippen LogP contribution in [0, 0.1) is 5.92 Å². The standard InChI is InChI=1S/C27H29N3O3/c1-19(2)24(26(31)33-18-20-10-5-4-6-11-20)29(3)27(32)30-17-22-12-7-8-14-23(22)25(30)21-13-9-15-28-16-21/h4-16,19,24-25H,17-18H2,1-3H3/t24-,25-/m0/s1. The highest BCUT2D eigenvalue weighted by Gasteiger charge is 2.40. The quantitative estimate of drug-likeness (QED) is 0.513. The molecule has 170 valence electrons. The third-order valence-corrected chi connectivity index (χ3v) is 6.06. The number of carbonyl (C=O) groups is 2. The fraction of sp³-hybridized carbons (Fsp3) is 0.296. The number of esters is 1. The number of amides is 2. The van der Waals surface area contributed by atoms with E-state index in [9.17, 15) is 9.59 Å². The molecule has 2 atom stereocenters. The van der Waals surface area contributed by atoms with Crippen LogP contribution in [-0.2, 0) is 22.7 Å². The lowest BCUT2D eigenvalue weighted by Gasteiger charge is -2.35. The van der Waals surface area contributed by atoms with Crippen LogP contribution in [0.25, 0.3) is 0 Å². The average molecular weight is 444 g/mol. The van der Waals surface area contributed by atoms with Crippen LogP contribution in [0.15, 0.2) is 79.1 Å². The number of nitrogens with zero attached hydrogens (tertiary/aromatic N) is 3. The minimum atomic E-state index is -0.695. The molecule has 1 aliphatic heterocycles. The molecule has 1 aromatic heterocycles. The van der Waals surface area contributed by atoms with Crippen LogP contribution in [0.4, 0.5) is 4.79 Å². The molecule has 3 aromatic rings. The Kier molecular flexibility index (Phi) is 6.73. The number of benzene rings is 2. The molecule has 4 rings (SSSR count). The zero-order valence-corrected chi connectivity index (χ0v) is 19.2. The number of carbonyl (C=O) groups excluding carboxylic acids is 2. The highest BCUT2D eigenvalue weighted by molar-refractivity contribution is 5.84. The molecule has 2 amide bonds. The summed E-state index contributed by atoms with van der Waals surface area (Å²) in [5.41, 5.74) is 4.03. The lowest BCUT2D eigenvalue weighted by atomic mass is 9.99. The number of fused-ring (bicyclic) bond motifs is 1. The molecule has 0 aliphatic carbocycles. The molecule has 6 heteroatoms. The van der Waals surface area contributed by atoms with Crippen LogP contribution in [0.2, 0.25) is 0 Å². The lowest BCUT2D eigenvalue weighted by Crippen LogP contribution is -2.51. The van der Waals surface area contributed by atoms with E-state index in [-0.39, 0.29) is 24.6 Å². The van der Waals surface area contributed by atoms with Crippen molar-refractivity contribution in [1.29, 1.82) is 0 Å². The minimum absolute atomic E-state index is 0.107. The first-order valence-electron chi connectivity index (χ1n) is 11.2. The number of hydrogen-bond donors (Lipinski definition) is 0. The average Bonchev–Trinajstić information content (AvgIpc) is 3.23. The van der Waals surface area contributed by atoms with Gasteiger partial charge in [-0.25, -0.2) is 9.59 Å². The van der Waals surface area contributed by atoms with Crippen LogP contribution in [0.5, 0.6) is 0 Å². The van der Waals surface area contributed by atoms with E-state index in [1.807, 2.05) is 85.5 Å². The van der Waals surface area contributed by atoms with Crippen LogP contribution in [0.3, 0.4) is 0 Å². The predicted octanol–water partition coefficient (Wildman–Crippen LogP) is 4.81. The molecular formula is C27H29N3O3. The van der Waals surface area contributed by atoms with Crippen LogP contribution in [0.1, 0.15) is 42.1 Å². The fourth-order valence-electron chi connectivity index (χ4n) is 4.48. The van der Waals surface area contributed by atoms with Gasteiger partial charge < -0.3 is 14.5 Å². The van der Waals surface area contributed by atoms with Gasteiger partial charge in [-0.05, 0) is 34.2 Å². The van der Waals surface area contributed by atoms with Crippen molar-refractivity contribution < 1.29 is 14.3 Å². The number of likely N-dealkylation sites (N-methyl/N-ethyl adjacent to an activating group) is 1. The van der Waals surface area contributed by atoms with Crippen molar-refractivity contribution in [3.8, 4) is 0 Å². The number of aromatic nitrogens is 1. The zero-order chi connectivity index (χ0) is 23.4. The molecule has 0 bridgehead atoms. The van der Waals surface area contributed by atoms with E-state index in [0.717, 1.165) is 22.3 Å². The number of urea groups is 1. The van der Waals surface area contributed by atoms with Gasteiger partial charge in [0.2, 0.25) is 0 Å². The summed E-state index contributed by atoms with van der Waals surface area (Å²) in [6, 6.07) is 20.3. The second-order valence-electron chi connectivity index (χ2n) is 8.69. The molecule has 0 fully saturated rings. The molecular weight excluding hydrogens is 414 g/mol. The van der Waals surface area contributed by atoms with E-state index in [1.165, 1.54) is 4.90 Å². The third-order valence-electron chi connectivity index (χ3n) is 6.06. The first-order chi connectivity index (χ1) is 16.0. The molecule has 0 saturated heterocycles. The largest absolute Gasteiger partial charge is 0.459 e. The van der Waals surface area contributed by atoms with Gasteiger partial charge in [0.25, 0.3) is 0 Å². The molecule has 0 N–H and O–H groups in total. The van der Waals surface area contributed by atoms with Crippen molar-refractivity contribution in [2.45, 2.75) is 39.1 Å².